The zero-order valence-electron chi connectivity index (χ0n) is 5.53. The molecule has 1 aromatic rings. The molecule has 0 fully saturated rings. The van der Waals surface area contributed by atoms with Gasteiger partial charge in [0.1, 0.15) is 6.29 Å². The van der Waals surface area contributed by atoms with E-state index >= 15 is 0 Å². The summed E-state index contributed by atoms with van der Waals surface area (Å²) >= 11 is 0. The third kappa shape index (κ3) is 1.31. The Bertz CT molecular complexity index is 238. The molecule has 0 atom stereocenters. The molecular weight excluding hydrogens is 130 g/mol. The van der Waals surface area contributed by atoms with E-state index in [0.29, 0.717) is 17.5 Å². The second kappa shape index (κ2) is 2.47. The van der Waals surface area contributed by atoms with E-state index in [4.69, 9.17) is 5.11 Å². The van der Waals surface area contributed by atoms with Crippen LogP contribution in [0.25, 0.3) is 0 Å². The van der Waals surface area contributed by atoms with Gasteiger partial charge in [0.15, 0.2) is 0 Å². The average molecular weight is 137 g/mol. The summed E-state index contributed by atoms with van der Waals surface area (Å²) in [5, 5.41) is 8.86. The van der Waals surface area contributed by atoms with Gasteiger partial charge in [-0.2, -0.15) is 0 Å². The van der Waals surface area contributed by atoms with E-state index < -0.39 is 0 Å². The number of aromatic nitrogens is 1. The average Bonchev–Trinajstić information content (AvgIpc) is 1.85. The summed E-state index contributed by atoms with van der Waals surface area (Å²) in [6, 6.07) is 2.92. The number of pyridine rings is 1. The largest absolute Gasteiger partial charge is 0.493 e. The summed E-state index contributed by atoms with van der Waals surface area (Å²) in [4.78, 5) is 13.9. The minimum absolute atomic E-state index is 0.109. The summed E-state index contributed by atoms with van der Waals surface area (Å²) in [5.74, 6) is -0.109. The number of carbonyl (C=O) groups is 1. The normalized spacial score (nSPS) is 9.30. The van der Waals surface area contributed by atoms with Crippen LogP contribution in [-0.4, -0.2) is 16.4 Å². The van der Waals surface area contributed by atoms with Crippen molar-refractivity contribution in [1.29, 1.82) is 0 Å². The SMILES string of the molecule is Cc1cc(C=O)cc(O)n1. The lowest BCUT2D eigenvalue weighted by molar-refractivity contribution is 0.112. The van der Waals surface area contributed by atoms with E-state index in [2.05, 4.69) is 4.98 Å². The van der Waals surface area contributed by atoms with Crippen LogP contribution in [0.2, 0.25) is 0 Å². The fourth-order valence-electron chi connectivity index (χ4n) is 0.745. The fourth-order valence-corrected chi connectivity index (χ4v) is 0.745. The lowest BCUT2D eigenvalue weighted by Gasteiger charge is -1.94. The molecule has 0 aliphatic rings. The molecule has 52 valence electrons. The van der Waals surface area contributed by atoms with Crippen molar-refractivity contribution in [3.8, 4) is 5.88 Å². The molecule has 10 heavy (non-hydrogen) atoms. The monoisotopic (exact) mass is 137 g/mol. The second-order valence-electron chi connectivity index (χ2n) is 2.02. The van der Waals surface area contributed by atoms with Gasteiger partial charge in [-0.25, -0.2) is 4.98 Å². The Balaban J connectivity index is 3.18. The van der Waals surface area contributed by atoms with Crippen molar-refractivity contribution in [3.63, 3.8) is 0 Å². The van der Waals surface area contributed by atoms with Crippen LogP contribution < -0.4 is 0 Å². The summed E-state index contributed by atoms with van der Waals surface area (Å²) in [6.07, 6.45) is 0.675. The molecule has 0 bridgehead atoms. The number of nitrogens with zero attached hydrogens (tertiary/aromatic N) is 1. The maximum Gasteiger partial charge on any atom is 0.211 e. The van der Waals surface area contributed by atoms with Crippen LogP contribution in [0.4, 0.5) is 0 Å². The molecule has 1 rings (SSSR count). The summed E-state index contributed by atoms with van der Waals surface area (Å²) in [7, 11) is 0. The lowest BCUT2D eigenvalue weighted by atomic mass is 10.2. The van der Waals surface area contributed by atoms with Gasteiger partial charge in [-0.3, -0.25) is 4.79 Å². The van der Waals surface area contributed by atoms with Gasteiger partial charge in [0.2, 0.25) is 5.88 Å². The molecule has 0 spiro atoms. The van der Waals surface area contributed by atoms with Gasteiger partial charge in [0, 0.05) is 17.3 Å². The van der Waals surface area contributed by atoms with Crippen LogP contribution >= 0.6 is 0 Å². The minimum Gasteiger partial charge on any atom is -0.493 e. The maximum atomic E-state index is 10.2. The molecule has 0 aliphatic carbocycles. The van der Waals surface area contributed by atoms with E-state index in [0.717, 1.165) is 0 Å². The second-order valence-corrected chi connectivity index (χ2v) is 2.02. The number of aromatic hydroxyl groups is 1. The van der Waals surface area contributed by atoms with Gasteiger partial charge >= 0.3 is 0 Å². The van der Waals surface area contributed by atoms with Gasteiger partial charge in [0.05, 0.1) is 0 Å². The Morgan fingerprint density at radius 2 is 2.30 bits per heavy atom. The first-order chi connectivity index (χ1) is 4.72. The van der Waals surface area contributed by atoms with Crippen LogP contribution in [0, 0.1) is 6.92 Å². The van der Waals surface area contributed by atoms with Crippen LogP contribution in [0.15, 0.2) is 12.1 Å². The molecule has 3 nitrogen and oxygen atoms in total. The minimum atomic E-state index is -0.109. The molecule has 0 unspecified atom stereocenters. The van der Waals surface area contributed by atoms with E-state index in [1.165, 1.54) is 6.07 Å². The van der Waals surface area contributed by atoms with Crippen LogP contribution in [-0.2, 0) is 0 Å². The Morgan fingerprint density at radius 1 is 1.60 bits per heavy atom. The zero-order chi connectivity index (χ0) is 7.56. The maximum absolute atomic E-state index is 10.2. The topological polar surface area (TPSA) is 50.2 Å². The number of carbonyl (C=O) groups excluding carboxylic acids is 1. The first kappa shape index (κ1) is 6.74. The van der Waals surface area contributed by atoms with Crippen molar-refractivity contribution in [2.45, 2.75) is 6.92 Å². The van der Waals surface area contributed by atoms with Crippen molar-refractivity contribution in [2.24, 2.45) is 0 Å². The summed E-state index contributed by atoms with van der Waals surface area (Å²) in [6.45, 7) is 1.72. The lowest BCUT2D eigenvalue weighted by Crippen LogP contribution is -1.85. The highest BCUT2D eigenvalue weighted by molar-refractivity contribution is 5.75. The summed E-state index contributed by atoms with van der Waals surface area (Å²) < 4.78 is 0. The van der Waals surface area contributed by atoms with Gasteiger partial charge < -0.3 is 5.11 Å². The predicted molar refractivity (Wildman–Crippen MR) is 36.0 cm³/mol. The van der Waals surface area contributed by atoms with E-state index in [-0.39, 0.29) is 5.88 Å². The Morgan fingerprint density at radius 3 is 2.80 bits per heavy atom. The quantitative estimate of drug-likeness (QED) is 0.585. The highest BCUT2D eigenvalue weighted by atomic mass is 16.3. The highest BCUT2D eigenvalue weighted by Gasteiger charge is 1.95. The first-order valence-electron chi connectivity index (χ1n) is 2.85. The first-order valence-corrected chi connectivity index (χ1v) is 2.85. The van der Waals surface area contributed by atoms with Gasteiger partial charge in [0.25, 0.3) is 0 Å². The number of aryl methyl sites for hydroxylation is 1. The fraction of sp³-hybridized carbons (Fsp3) is 0.143. The van der Waals surface area contributed by atoms with Crippen molar-refractivity contribution in [2.75, 3.05) is 0 Å². The molecule has 1 aromatic heterocycles. The standard InChI is InChI=1S/C7H7NO2/c1-5-2-6(4-9)3-7(10)8-5/h2-4H,1H3,(H,8,10). The van der Waals surface area contributed by atoms with Crippen molar-refractivity contribution in [1.82, 2.24) is 4.98 Å². The van der Waals surface area contributed by atoms with Crippen molar-refractivity contribution in [3.05, 3.63) is 23.4 Å². The van der Waals surface area contributed by atoms with Gasteiger partial charge in [-0.15, -0.1) is 0 Å². The molecule has 1 heterocycles. The molecular formula is C7H7NO2. The van der Waals surface area contributed by atoms with Crippen LogP contribution in [0.5, 0.6) is 5.88 Å². The van der Waals surface area contributed by atoms with Crippen LogP contribution in [0.3, 0.4) is 0 Å². The molecule has 0 radical (unpaired) electrons. The van der Waals surface area contributed by atoms with Gasteiger partial charge in [-0.1, -0.05) is 0 Å². The predicted octanol–water partition coefficient (Wildman–Crippen LogP) is 0.908. The molecule has 0 aliphatic heterocycles. The molecule has 3 heteroatoms. The van der Waals surface area contributed by atoms with E-state index in [9.17, 15) is 4.79 Å². The third-order valence-electron chi connectivity index (χ3n) is 1.10. The van der Waals surface area contributed by atoms with Gasteiger partial charge in [-0.05, 0) is 13.0 Å². The highest BCUT2D eigenvalue weighted by Crippen LogP contribution is 2.07. The Kier molecular flexibility index (Phi) is 1.67. The number of rotatable bonds is 1. The zero-order valence-corrected chi connectivity index (χ0v) is 5.53. The molecule has 0 saturated carbocycles. The molecule has 0 saturated heterocycles. The Hall–Kier alpha value is -1.38. The summed E-state index contributed by atoms with van der Waals surface area (Å²) in [5.41, 5.74) is 1.09. The van der Waals surface area contributed by atoms with Crippen LogP contribution in [0.1, 0.15) is 16.1 Å². The number of aldehydes is 1. The van der Waals surface area contributed by atoms with E-state index in [1.54, 1.807) is 13.0 Å². The number of hydrogen-bond acceptors (Lipinski definition) is 3. The third-order valence-corrected chi connectivity index (χ3v) is 1.10. The molecule has 1 N–H and O–H groups in total. The number of hydrogen-bond donors (Lipinski definition) is 1. The van der Waals surface area contributed by atoms with E-state index in [1.807, 2.05) is 0 Å². The molecule has 0 amide bonds. The smallest absolute Gasteiger partial charge is 0.211 e. The van der Waals surface area contributed by atoms with Crippen molar-refractivity contribution >= 4 is 6.29 Å². The molecule has 0 aromatic carbocycles. The Labute approximate surface area is 58.3 Å². The van der Waals surface area contributed by atoms with Crippen molar-refractivity contribution < 1.29 is 9.90 Å².